The molecule has 158 valence electrons. The minimum absolute atomic E-state index is 0.0507. The van der Waals surface area contributed by atoms with Crippen molar-refractivity contribution in [2.45, 2.75) is 32.4 Å². The minimum Gasteiger partial charge on any atom is -0.506 e. The molecule has 1 aliphatic rings. The molecule has 1 aromatic heterocycles. The van der Waals surface area contributed by atoms with Crippen molar-refractivity contribution < 1.29 is 19.0 Å². The lowest BCUT2D eigenvalue weighted by Crippen LogP contribution is -2.23. The smallest absolute Gasteiger partial charge is 0.336 e. The molecule has 3 aromatic rings. The lowest BCUT2D eigenvalue weighted by molar-refractivity contribution is 0.239. The number of aromatic hydroxyl groups is 1. The average molecular weight is 430 g/mol. The van der Waals surface area contributed by atoms with Crippen molar-refractivity contribution in [2.24, 2.45) is 0 Å². The summed E-state index contributed by atoms with van der Waals surface area (Å²) in [4.78, 5) is 14.2. The Morgan fingerprint density at radius 1 is 1.23 bits per heavy atom. The van der Waals surface area contributed by atoms with Gasteiger partial charge in [0.1, 0.15) is 22.8 Å². The van der Waals surface area contributed by atoms with Crippen molar-refractivity contribution in [3.05, 3.63) is 62.5 Å². The van der Waals surface area contributed by atoms with E-state index in [9.17, 15) is 9.90 Å². The molecule has 0 aliphatic carbocycles. The summed E-state index contributed by atoms with van der Waals surface area (Å²) < 4.78 is 16.4. The summed E-state index contributed by atoms with van der Waals surface area (Å²) >= 11 is 6.30. The molecule has 0 radical (unpaired) electrons. The van der Waals surface area contributed by atoms with Crippen molar-refractivity contribution in [1.82, 2.24) is 4.90 Å². The quantitative estimate of drug-likeness (QED) is 0.586. The Bertz CT molecular complexity index is 1160. The molecular weight excluding hydrogens is 406 g/mol. The number of aryl methyl sites for hydroxylation is 1. The number of methoxy groups -OCH3 is 2. The Morgan fingerprint density at radius 2 is 2.03 bits per heavy atom. The molecule has 30 heavy (non-hydrogen) atoms. The molecule has 6 nitrogen and oxygen atoms in total. The molecule has 1 N–H and O–H groups in total. The van der Waals surface area contributed by atoms with Gasteiger partial charge in [-0.05, 0) is 44.0 Å². The fourth-order valence-electron chi connectivity index (χ4n) is 4.28. The molecule has 1 fully saturated rings. The molecule has 0 spiro atoms. The molecule has 1 unspecified atom stereocenters. The van der Waals surface area contributed by atoms with Crippen LogP contribution in [0.3, 0.4) is 0 Å². The van der Waals surface area contributed by atoms with Gasteiger partial charge in [-0.15, -0.1) is 0 Å². The molecule has 1 aliphatic heterocycles. The van der Waals surface area contributed by atoms with Crippen LogP contribution in [0.2, 0.25) is 5.02 Å². The predicted octanol–water partition coefficient (Wildman–Crippen LogP) is 4.81. The van der Waals surface area contributed by atoms with Crippen LogP contribution in [0.1, 0.15) is 35.6 Å². The van der Waals surface area contributed by atoms with Crippen LogP contribution in [0.5, 0.6) is 17.2 Å². The van der Waals surface area contributed by atoms with Crippen molar-refractivity contribution in [2.75, 3.05) is 20.8 Å². The second-order valence-corrected chi connectivity index (χ2v) is 7.95. The van der Waals surface area contributed by atoms with E-state index in [0.29, 0.717) is 17.7 Å². The third-order valence-electron chi connectivity index (χ3n) is 5.79. The maximum atomic E-state index is 12.0. The highest BCUT2D eigenvalue weighted by Gasteiger charge is 2.30. The highest BCUT2D eigenvalue weighted by atomic mass is 35.5. The van der Waals surface area contributed by atoms with E-state index in [1.54, 1.807) is 20.3 Å². The Balaban J connectivity index is 1.77. The molecule has 0 saturated carbocycles. The highest BCUT2D eigenvalue weighted by Crippen LogP contribution is 2.42. The summed E-state index contributed by atoms with van der Waals surface area (Å²) in [6.45, 7) is 3.07. The van der Waals surface area contributed by atoms with E-state index in [1.165, 1.54) is 6.07 Å². The van der Waals surface area contributed by atoms with Crippen LogP contribution in [0.4, 0.5) is 0 Å². The lowest BCUT2D eigenvalue weighted by Gasteiger charge is -2.27. The van der Waals surface area contributed by atoms with Crippen LogP contribution in [0, 0.1) is 6.92 Å². The number of hydrogen-bond acceptors (Lipinski definition) is 6. The normalized spacial score (nSPS) is 16.9. The van der Waals surface area contributed by atoms with E-state index in [-0.39, 0.29) is 16.8 Å². The third kappa shape index (κ3) is 3.61. The number of phenols is 1. The molecule has 0 bridgehead atoms. The lowest BCUT2D eigenvalue weighted by atomic mass is 10.0. The summed E-state index contributed by atoms with van der Waals surface area (Å²) in [6, 6.07) is 8.97. The first-order valence-electron chi connectivity index (χ1n) is 9.83. The van der Waals surface area contributed by atoms with E-state index in [2.05, 4.69) is 4.90 Å². The second kappa shape index (κ2) is 8.20. The maximum absolute atomic E-state index is 12.0. The average Bonchev–Trinajstić information content (AvgIpc) is 3.19. The van der Waals surface area contributed by atoms with E-state index < -0.39 is 5.63 Å². The van der Waals surface area contributed by atoms with Gasteiger partial charge >= 0.3 is 5.63 Å². The molecule has 1 saturated heterocycles. The van der Waals surface area contributed by atoms with E-state index in [0.717, 1.165) is 47.4 Å². The van der Waals surface area contributed by atoms with E-state index in [1.807, 2.05) is 25.1 Å². The van der Waals surface area contributed by atoms with Crippen LogP contribution < -0.4 is 15.1 Å². The van der Waals surface area contributed by atoms with Crippen LogP contribution in [-0.2, 0) is 6.54 Å². The molecule has 0 amide bonds. The maximum Gasteiger partial charge on any atom is 0.336 e. The zero-order valence-electron chi connectivity index (χ0n) is 17.2. The van der Waals surface area contributed by atoms with Crippen molar-refractivity contribution in [1.29, 1.82) is 0 Å². The first-order chi connectivity index (χ1) is 14.4. The summed E-state index contributed by atoms with van der Waals surface area (Å²) in [6.07, 6.45) is 1.95. The number of likely N-dealkylation sites (tertiary alicyclic amines) is 1. The number of hydrogen-bond donors (Lipinski definition) is 1. The fourth-order valence-corrected chi connectivity index (χ4v) is 4.50. The number of fused-ring (bicyclic) bond motifs is 1. The van der Waals surface area contributed by atoms with Gasteiger partial charge in [0, 0.05) is 35.7 Å². The predicted molar refractivity (Wildman–Crippen MR) is 116 cm³/mol. The van der Waals surface area contributed by atoms with Gasteiger partial charge in [0.15, 0.2) is 0 Å². The SMILES string of the molecule is COc1ccc(C2CCCN2Cc2c(O)c(Cl)cc3c(C)cc(=O)oc23)c(OC)c1. The first-order valence-corrected chi connectivity index (χ1v) is 10.2. The summed E-state index contributed by atoms with van der Waals surface area (Å²) in [7, 11) is 3.27. The van der Waals surface area contributed by atoms with Gasteiger partial charge < -0.3 is 19.0 Å². The zero-order chi connectivity index (χ0) is 21.4. The van der Waals surface area contributed by atoms with Crippen molar-refractivity contribution >= 4 is 22.6 Å². The fraction of sp³-hybridized carbons (Fsp3) is 0.348. The highest BCUT2D eigenvalue weighted by molar-refractivity contribution is 6.33. The molecule has 4 rings (SSSR count). The summed E-state index contributed by atoms with van der Waals surface area (Å²) in [5.74, 6) is 1.44. The topological polar surface area (TPSA) is 72.1 Å². The van der Waals surface area contributed by atoms with Gasteiger partial charge in [-0.3, -0.25) is 4.90 Å². The van der Waals surface area contributed by atoms with Crippen LogP contribution in [0.15, 0.2) is 39.5 Å². The van der Waals surface area contributed by atoms with Crippen LogP contribution >= 0.6 is 11.6 Å². The Hall–Kier alpha value is -2.70. The standard InChI is InChI=1S/C23H24ClNO5/c1-13-9-21(26)30-23-16(13)11-18(24)22(27)17(23)12-25-8-4-5-19(25)15-7-6-14(28-2)10-20(15)29-3/h6-7,9-11,19,27H,4-5,8,12H2,1-3H3. The number of halogens is 1. The van der Waals surface area contributed by atoms with Crippen LogP contribution in [0.25, 0.3) is 11.0 Å². The van der Waals surface area contributed by atoms with Gasteiger partial charge in [-0.1, -0.05) is 17.7 Å². The number of phenolic OH excluding ortho intramolecular Hbond substituents is 1. The Kier molecular flexibility index (Phi) is 5.62. The van der Waals surface area contributed by atoms with Gasteiger partial charge in [0.25, 0.3) is 0 Å². The molecule has 7 heteroatoms. The number of ether oxygens (including phenoxy) is 2. The summed E-state index contributed by atoms with van der Waals surface area (Å²) in [5, 5.41) is 11.7. The molecular formula is C23H24ClNO5. The van der Waals surface area contributed by atoms with E-state index in [4.69, 9.17) is 25.5 Å². The Morgan fingerprint density at radius 3 is 2.77 bits per heavy atom. The summed E-state index contributed by atoms with van der Waals surface area (Å²) in [5.41, 5.74) is 2.28. The number of rotatable bonds is 5. The zero-order valence-corrected chi connectivity index (χ0v) is 18.0. The van der Waals surface area contributed by atoms with Crippen molar-refractivity contribution in [3.63, 3.8) is 0 Å². The minimum atomic E-state index is -0.447. The van der Waals surface area contributed by atoms with Gasteiger partial charge in [0.05, 0.1) is 24.8 Å². The third-order valence-corrected chi connectivity index (χ3v) is 6.08. The largest absolute Gasteiger partial charge is 0.506 e. The van der Waals surface area contributed by atoms with Gasteiger partial charge in [0.2, 0.25) is 0 Å². The van der Waals surface area contributed by atoms with Gasteiger partial charge in [-0.25, -0.2) is 4.79 Å². The van der Waals surface area contributed by atoms with Crippen LogP contribution in [-0.4, -0.2) is 30.8 Å². The van der Waals surface area contributed by atoms with Crippen molar-refractivity contribution in [3.8, 4) is 17.2 Å². The second-order valence-electron chi connectivity index (χ2n) is 7.55. The van der Waals surface area contributed by atoms with E-state index >= 15 is 0 Å². The molecule has 2 heterocycles. The monoisotopic (exact) mass is 429 g/mol. The number of nitrogens with zero attached hydrogens (tertiary/aromatic N) is 1. The number of benzene rings is 2. The Labute approximate surface area is 179 Å². The molecule has 1 atom stereocenters. The molecule has 2 aromatic carbocycles. The first kappa shape index (κ1) is 20.6. The van der Waals surface area contributed by atoms with Gasteiger partial charge in [-0.2, -0.15) is 0 Å².